The molecule has 1 heterocycles. The largest absolute Gasteiger partial charge is 0.472 e. The molecule has 0 fully saturated rings. The number of halogens is 1. The van der Waals surface area contributed by atoms with Gasteiger partial charge in [0.1, 0.15) is 5.82 Å². The standard InChI is InChI=1S/C13H14FNO/c1-10(12-3-2-4-13(14)7-12)15-8-11-5-6-16-9-11/h2-7,9-10,15H,8H2,1H3/t10-/m1/s1. The van der Waals surface area contributed by atoms with Crippen molar-refractivity contribution in [2.45, 2.75) is 19.5 Å². The maximum absolute atomic E-state index is 13.0. The molecule has 0 radical (unpaired) electrons. The van der Waals surface area contributed by atoms with Crippen molar-refractivity contribution in [1.29, 1.82) is 0 Å². The average Bonchev–Trinajstić information content (AvgIpc) is 2.78. The second-order valence-corrected chi connectivity index (χ2v) is 3.79. The third-order valence-electron chi connectivity index (χ3n) is 2.54. The topological polar surface area (TPSA) is 25.2 Å². The van der Waals surface area contributed by atoms with E-state index in [9.17, 15) is 4.39 Å². The van der Waals surface area contributed by atoms with E-state index in [1.165, 1.54) is 6.07 Å². The smallest absolute Gasteiger partial charge is 0.123 e. The van der Waals surface area contributed by atoms with Crippen LogP contribution < -0.4 is 5.32 Å². The van der Waals surface area contributed by atoms with Crippen LogP contribution in [0.15, 0.2) is 47.3 Å². The van der Waals surface area contributed by atoms with Crippen LogP contribution in [-0.2, 0) is 6.54 Å². The summed E-state index contributed by atoms with van der Waals surface area (Å²) in [6.45, 7) is 2.73. The predicted molar refractivity (Wildman–Crippen MR) is 60.4 cm³/mol. The summed E-state index contributed by atoms with van der Waals surface area (Å²) in [4.78, 5) is 0. The maximum atomic E-state index is 13.0. The highest BCUT2D eigenvalue weighted by Gasteiger charge is 2.05. The Labute approximate surface area is 94.1 Å². The fourth-order valence-corrected chi connectivity index (χ4v) is 1.56. The summed E-state index contributed by atoms with van der Waals surface area (Å²) in [5, 5.41) is 3.30. The van der Waals surface area contributed by atoms with Crippen molar-refractivity contribution in [3.8, 4) is 0 Å². The van der Waals surface area contributed by atoms with Crippen LogP contribution in [0.4, 0.5) is 4.39 Å². The zero-order chi connectivity index (χ0) is 11.4. The van der Waals surface area contributed by atoms with Crippen LogP contribution in [0.3, 0.4) is 0 Å². The van der Waals surface area contributed by atoms with Gasteiger partial charge in [-0.3, -0.25) is 0 Å². The van der Waals surface area contributed by atoms with E-state index in [0.717, 1.165) is 11.1 Å². The molecule has 0 saturated carbocycles. The zero-order valence-corrected chi connectivity index (χ0v) is 9.11. The second-order valence-electron chi connectivity index (χ2n) is 3.79. The summed E-state index contributed by atoms with van der Waals surface area (Å²) in [6.07, 6.45) is 3.34. The first-order valence-electron chi connectivity index (χ1n) is 5.25. The van der Waals surface area contributed by atoms with Crippen LogP contribution in [-0.4, -0.2) is 0 Å². The summed E-state index contributed by atoms with van der Waals surface area (Å²) in [7, 11) is 0. The second kappa shape index (κ2) is 4.94. The Kier molecular flexibility index (Phi) is 3.37. The molecule has 2 aromatic rings. The highest BCUT2D eigenvalue weighted by molar-refractivity contribution is 5.19. The SMILES string of the molecule is C[C@@H](NCc1ccoc1)c1cccc(F)c1. The van der Waals surface area contributed by atoms with E-state index >= 15 is 0 Å². The lowest BCUT2D eigenvalue weighted by Crippen LogP contribution is -2.17. The van der Waals surface area contributed by atoms with Crippen LogP contribution in [0.25, 0.3) is 0 Å². The lowest BCUT2D eigenvalue weighted by molar-refractivity contribution is 0.544. The molecule has 0 amide bonds. The number of hydrogen-bond acceptors (Lipinski definition) is 2. The molecule has 0 spiro atoms. The van der Waals surface area contributed by atoms with Gasteiger partial charge in [-0.15, -0.1) is 0 Å². The van der Waals surface area contributed by atoms with Gasteiger partial charge in [0.05, 0.1) is 12.5 Å². The summed E-state index contributed by atoms with van der Waals surface area (Å²) in [6, 6.07) is 8.66. The van der Waals surface area contributed by atoms with Crippen LogP contribution in [0, 0.1) is 5.82 Å². The van der Waals surface area contributed by atoms with E-state index in [1.807, 2.05) is 19.1 Å². The van der Waals surface area contributed by atoms with Crippen molar-refractivity contribution >= 4 is 0 Å². The molecule has 2 rings (SSSR count). The number of rotatable bonds is 4. The van der Waals surface area contributed by atoms with Crippen LogP contribution >= 0.6 is 0 Å². The van der Waals surface area contributed by atoms with Gasteiger partial charge in [-0.25, -0.2) is 4.39 Å². The highest BCUT2D eigenvalue weighted by atomic mass is 19.1. The lowest BCUT2D eigenvalue weighted by atomic mass is 10.1. The van der Waals surface area contributed by atoms with Gasteiger partial charge < -0.3 is 9.73 Å². The van der Waals surface area contributed by atoms with Gasteiger partial charge in [0.25, 0.3) is 0 Å². The summed E-state index contributed by atoms with van der Waals surface area (Å²) < 4.78 is 18.0. The molecule has 1 aromatic carbocycles. The molecule has 1 N–H and O–H groups in total. The molecule has 3 heteroatoms. The molecule has 16 heavy (non-hydrogen) atoms. The van der Waals surface area contributed by atoms with Gasteiger partial charge >= 0.3 is 0 Å². The van der Waals surface area contributed by atoms with Crippen molar-refractivity contribution in [1.82, 2.24) is 5.32 Å². The Bertz CT molecular complexity index is 439. The molecule has 0 aliphatic heterocycles. The fraction of sp³-hybridized carbons (Fsp3) is 0.231. The zero-order valence-electron chi connectivity index (χ0n) is 9.11. The summed E-state index contributed by atoms with van der Waals surface area (Å²) in [5.41, 5.74) is 2.03. The van der Waals surface area contributed by atoms with Gasteiger partial charge in [0, 0.05) is 18.2 Å². The van der Waals surface area contributed by atoms with Gasteiger partial charge in [-0.2, -0.15) is 0 Å². The van der Waals surface area contributed by atoms with E-state index in [1.54, 1.807) is 24.7 Å². The monoisotopic (exact) mass is 219 g/mol. The third kappa shape index (κ3) is 2.70. The molecular weight excluding hydrogens is 205 g/mol. The Morgan fingerprint density at radius 1 is 1.38 bits per heavy atom. The number of nitrogens with one attached hydrogen (secondary N) is 1. The Morgan fingerprint density at radius 2 is 2.25 bits per heavy atom. The Balaban J connectivity index is 1.95. The van der Waals surface area contributed by atoms with E-state index < -0.39 is 0 Å². The lowest BCUT2D eigenvalue weighted by Gasteiger charge is -2.13. The van der Waals surface area contributed by atoms with Crippen molar-refractivity contribution < 1.29 is 8.81 Å². The van der Waals surface area contributed by atoms with Gasteiger partial charge in [-0.05, 0) is 30.7 Å². The number of furan rings is 1. The highest BCUT2D eigenvalue weighted by Crippen LogP contribution is 2.14. The predicted octanol–water partition coefficient (Wildman–Crippen LogP) is 3.27. The van der Waals surface area contributed by atoms with Crippen molar-refractivity contribution in [3.05, 3.63) is 59.8 Å². The number of hydrogen-bond donors (Lipinski definition) is 1. The molecule has 0 unspecified atom stereocenters. The van der Waals surface area contributed by atoms with E-state index in [2.05, 4.69) is 5.32 Å². The average molecular weight is 219 g/mol. The first kappa shape index (κ1) is 10.9. The number of benzene rings is 1. The molecular formula is C13H14FNO. The van der Waals surface area contributed by atoms with Crippen LogP contribution in [0.1, 0.15) is 24.1 Å². The van der Waals surface area contributed by atoms with Gasteiger partial charge in [0.15, 0.2) is 0 Å². The Hall–Kier alpha value is -1.61. The van der Waals surface area contributed by atoms with Crippen LogP contribution in [0.5, 0.6) is 0 Å². The van der Waals surface area contributed by atoms with E-state index in [0.29, 0.717) is 6.54 Å². The summed E-state index contributed by atoms with van der Waals surface area (Å²) in [5.74, 6) is -0.200. The minimum absolute atomic E-state index is 0.116. The first-order chi connectivity index (χ1) is 7.75. The van der Waals surface area contributed by atoms with Crippen molar-refractivity contribution in [2.75, 3.05) is 0 Å². The first-order valence-corrected chi connectivity index (χ1v) is 5.25. The minimum Gasteiger partial charge on any atom is -0.472 e. The van der Waals surface area contributed by atoms with Crippen molar-refractivity contribution in [2.24, 2.45) is 0 Å². The molecule has 1 aromatic heterocycles. The van der Waals surface area contributed by atoms with Gasteiger partial charge in [-0.1, -0.05) is 12.1 Å². The molecule has 0 saturated heterocycles. The minimum atomic E-state index is -0.200. The maximum Gasteiger partial charge on any atom is 0.123 e. The molecule has 0 aliphatic carbocycles. The molecule has 0 aliphatic rings. The third-order valence-corrected chi connectivity index (χ3v) is 2.54. The summed E-state index contributed by atoms with van der Waals surface area (Å²) >= 11 is 0. The molecule has 2 nitrogen and oxygen atoms in total. The normalized spacial score (nSPS) is 12.6. The fourth-order valence-electron chi connectivity index (χ4n) is 1.56. The Morgan fingerprint density at radius 3 is 2.94 bits per heavy atom. The molecule has 0 bridgehead atoms. The molecule has 84 valence electrons. The quantitative estimate of drug-likeness (QED) is 0.853. The van der Waals surface area contributed by atoms with Crippen molar-refractivity contribution in [3.63, 3.8) is 0 Å². The molecule has 1 atom stereocenters. The van der Waals surface area contributed by atoms with E-state index in [4.69, 9.17) is 4.42 Å². The van der Waals surface area contributed by atoms with Gasteiger partial charge in [0.2, 0.25) is 0 Å². The van der Waals surface area contributed by atoms with Crippen LogP contribution in [0.2, 0.25) is 0 Å². The van der Waals surface area contributed by atoms with E-state index in [-0.39, 0.29) is 11.9 Å².